The van der Waals surface area contributed by atoms with Crippen LogP contribution in [0.1, 0.15) is 43.0 Å². The number of nitrogens with zero attached hydrogens (tertiary/aromatic N) is 2. The van der Waals surface area contributed by atoms with Crippen LogP contribution in [0.3, 0.4) is 0 Å². The van der Waals surface area contributed by atoms with Crippen LogP contribution in [0.2, 0.25) is 0 Å². The first-order chi connectivity index (χ1) is 11.6. The standard InChI is InChI=1S/C18H27N3O2S.ClH/c1-13-4-8-21(15(10-13)11-19)18(23)3-2-17(22)20-7-5-16-14(12-20)6-9-24-16;/h6,9,13,15H,2-5,7-8,10-12,19H2,1H3;1H. The van der Waals surface area contributed by atoms with Crippen LogP contribution in [0.4, 0.5) is 0 Å². The summed E-state index contributed by atoms with van der Waals surface area (Å²) in [5, 5.41) is 2.09. The Morgan fingerprint density at radius 2 is 2.04 bits per heavy atom. The average Bonchev–Trinajstić information content (AvgIpc) is 3.06. The van der Waals surface area contributed by atoms with Crippen LogP contribution in [-0.2, 0) is 22.6 Å². The third kappa shape index (κ3) is 4.74. The average molecular weight is 386 g/mol. The lowest BCUT2D eigenvalue weighted by Gasteiger charge is -2.38. The first-order valence-corrected chi connectivity index (χ1v) is 9.79. The Balaban J connectivity index is 0.00000225. The maximum atomic E-state index is 12.5. The monoisotopic (exact) mass is 385 g/mol. The molecule has 1 aromatic rings. The molecule has 2 atom stereocenters. The molecule has 1 aromatic heterocycles. The second kappa shape index (κ2) is 9.01. The molecule has 0 aromatic carbocycles. The molecule has 25 heavy (non-hydrogen) atoms. The van der Waals surface area contributed by atoms with Crippen LogP contribution in [0, 0.1) is 5.92 Å². The van der Waals surface area contributed by atoms with Crippen LogP contribution in [0.25, 0.3) is 0 Å². The second-order valence-electron chi connectivity index (χ2n) is 7.04. The highest BCUT2D eigenvalue weighted by molar-refractivity contribution is 7.10. The SMILES string of the molecule is CC1CCN(C(=O)CCC(=O)N2CCc3sccc3C2)C(CN)C1.Cl. The number of fused-ring (bicyclic) bond motifs is 1. The molecule has 140 valence electrons. The van der Waals surface area contributed by atoms with Crippen LogP contribution >= 0.6 is 23.7 Å². The molecule has 0 spiro atoms. The molecule has 7 heteroatoms. The Morgan fingerprint density at radius 1 is 1.28 bits per heavy atom. The van der Waals surface area contributed by atoms with E-state index in [2.05, 4.69) is 18.4 Å². The summed E-state index contributed by atoms with van der Waals surface area (Å²) in [7, 11) is 0. The molecular formula is C18H28ClN3O2S. The molecule has 2 unspecified atom stereocenters. The van der Waals surface area contributed by atoms with E-state index in [-0.39, 0.29) is 30.3 Å². The fourth-order valence-corrected chi connectivity index (χ4v) is 4.67. The number of hydrogen-bond acceptors (Lipinski definition) is 4. The van der Waals surface area contributed by atoms with E-state index in [1.54, 1.807) is 11.3 Å². The molecule has 0 bridgehead atoms. The van der Waals surface area contributed by atoms with E-state index < -0.39 is 0 Å². The molecule has 5 nitrogen and oxygen atoms in total. The first-order valence-electron chi connectivity index (χ1n) is 8.91. The van der Waals surface area contributed by atoms with Crippen molar-refractivity contribution in [3.05, 3.63) is 21.9 Å². The van der Waals surface area contributed by atoms with E-state index in [0.717, 1.165) is 32.4 Å². The number of carbonyl (C=O) groups is 2. The minimum atomic E-state index is 0. The largest absolute Gasteiger partial charge is 0.338 e. The first kappa shape index (κ1) is 20.2. The van der Waals surface area contributed by atoms with E-state index in [9.17, 15) is 9.59 Å². The van der Waals surface area contributed by atoms with Crippen LogP contribution in [0.5, 0.6) is 0 Å². The number of amides is 2. The van der Waals surface area contributed by atoms with Gasteiger partial charge >= 0.3 is 0 Å². The van der Waals surface area contributed by atoms with Gasteiger partial charge in [0.15, 0.2) is 0 Å². The summed E-state index contributed by atoms with van der Waals surface area (Å²) in [6.07, 6.45) is 3.55. The summed E-state index contributed by atoms with van der Waals surface area (Å²) < 4.78 is 0. The zero-order chi connectivity index (χ0) is 17.1. The summed E-state index contributed by atoms with van der Waals surface area (Å²) >= 11 is 1.77. The van der Waals surface area contributed by atoms with E-state index >= 15 is 0 Å². The number of nitrogens with two attached hydrogens (primary N) is 1. The maximum absolute atomic E-state index is 12.5. The van der Waals surface area contributed by atoms with Gasteiger partial charge < -0.3 is 15.5 Å². The molecule has 0 aliphatic carbocycles. The summed E-state index contributed by atoms with van der Waals surface area (Å²) in [6.45, 7) is 4.96. The lowest BCUT2D eigenvalue weighted by Crippen LogP contribution is -2.49. The van der Waals surface area contributed by atoms with Crippen molar-refractivity contribution >= 4 is 35.6 Å². The van der Waals surface area contributed by atoms with Gasteiger partial charge in [-0.3, -0.25) is 9.59 Å². The van der Waals surface area contributed by atoms with Gasteiger partial charge in [-0.1, -0.05) is 6.92 Å². The van der Waals surface area contributed by atoms with E-state index in [1.807, 2.05) is 9.80 Å². The maximum Gasteiger partial charge on any atom is 0.223 e. The molecule has 2 aliphatic heterocycles. The fraction of sp³-hybridized carbons (Fsp3) is 0.667. The predicted octanol–water partition coefficient (Wildman–Crippen LogP) is 2.42. The Kier molecular flexibility index (Phi) is 7.28. The number of hydrogen-bond donors (Lipinski definition) is 1. The van der Waals surface area contributed by atoms with E-state index in [4.69, 9.17) is 5.73 Å². The molecule has 2 N–H and O–H groups in total. The zero-order valence-corrected chi connectivity index (χ0v) is 16.4. The van der Waals surface area contributed by atoms with Crippen molar-refractivity contribution < 1.29 is 9.59 Å². The lowest BCUT2D eigenvalue weighted by atomic mass is 9.92. The van der Waals surface area contributed by atoms with Gasteiger partial charge in [-0.05, 0) is 42.2 Å². The van der Waals surface area contributed by atoms with Gasteiger partial charge in [-0.25, -0.2) is 0 Å². The van der Waals surface area contributed by atoms with Crippen molar-refractivity contribution in [1.29, 1.82) is 0 Å². The van der Waals surface area contributed by atoms with Gasteiger partial charge in [-0.2, -0.15) is 0 Å². The van der Waals surface area contributed by atoms with Crippen molar-refractivity contribution in [2.24, 2.45) is 11.7 Å². The number of thiophene rings is 1. The minimum Gasteiger partial charge on any atom is -0.338 e. The molecule has 3 rings (SSSR count). The Morgan fingerprint density at radius 3 is 2.80 bits per heavy atom. The van der Waals surface area contributed by atoms with Crippen molar-refractivity contribution in [3.8, 4) is 0 Å². The molecule has 3 heterocycles. The quantitative estimate of drug-likeness (QED) is 0.865. The predicted molar refractivity (Wildman–Crippen MR) is 103 cm³/mol. The van der Waals surface area contributed by atoms with Crippen molar-refractivity contribution in [3.63, 3.8) is 0 Å². The summed E-state index contributed by atoms with van der Waals surface area (Å²) in [5.74, 6) is 0.797. The molecule has 2 aliphatic rings. The summed E-state index contributed by atoms with van der Waals surface area (Å²) in [4.78, 5) is 30.2. The van der Waals surface area contributed by atoms with E-state index in [0.29, 0.717) is 31.8 Å². The summed E-state index contributed by atoms with van der Waals surface area (Å²) in [6, 6.07) is 2.24. The number of carbonyl (C=O) groups excluding carboxylic acids is 2. The van der Waals surface area contributed by atoms with Crippen molar-refractivity contribution in [2.45, 2.75) is 51.6 Å². The normalized spacial score (nSPS) is 23.0. The molecule has 2 amide bonds. The Hall–Kier alpha value is -1.11. The Labute approximate surface area is 160 Å². The lowest BCUT2D eigenvalue weighted by molar-refractivity contribution is -0.139. The number of likely N-dealkylation sites (tertiary alicyclic amines) is 1. The fourth-order valence-electron chi connectivity index (χ4n) is 3.78. The molecule has 1 saturated heterocycles. The number of piperidine rings is 1. The molecule has 0 radical (unpaired) electrons. The molecule has 1 fully saturated rings. The molecule has 0 saturated carbocycles. The zero-order valence-electron chi connectivity index (χ0n) is 14.8. The van der Waals surface area contributed by atoms with Crippen molar-refractivity contribution in [1.82, 2.24) is 9.80 Å². The Bertz CT molecular complexity index is 607. The van der Waals surface area contributed by atoms with Crippen LogP contribution in [-0.4, -0.2) is 47.3 Å². The second-order valence-corrected chi connectivity index (χ2v) is 8.04. The highest BCUT2D eigenvalue weighted by Crippen LogP contribution is 2.25. The third-order valence-corrected chi connectivity index (χ3v) is 6.31. The molecular weight excluding hydrogens is 358 g/mol. The van der Waals surface area contributed by atoms with E-state index in [1.165, 1.54) is 10.4 Å². The van der Waals surface area contributed by atoms with Crippen LogP contribution in [0.15, 0.2) is 11.4 Å². The van der Waals surface area contributed by atoms with Gasteiger partial charge in [0.1, 0.15) is 0 Å². The summed E-state index contributed by atoms with van der Waals surface area (Å²) in [5.41, 5.74) is 7.10. The topological polar surface area (TPSA) is 66.6 Å². The highest BCUT2D eigenvalue weighted by atomic mass is 35.5. The van der Waals surface area contributed by atoms with Gasteiger partial charge in [-0.15, -0.1) is 23.7 Å². The minimum absolute atomic E-state index is 0. The number of rotatable bonds is 4. The van der Waals surface area contributed by atoms with Gasteiger partial charge in [0.05, 0.1) is 0 Å². The third-order valence-electron chi connectivity index (χ3n) is 5.28. The smallest absolute Gasteiger partial charge is 0.223 e. The highest BCUT2D eigenvalue weighted by Gasteiger charge is 2.29. The van der Waals surface area contributed by atoms with Crippen molar-refractivity contribution in [2.75, 3.05) is 19.6 Å². The van der Waals surface area contributed by atoms with Gasteiger partial charge in [0.25, 0.3) is 0 Å². The van der Waals surface area contributed by atoms with Crippen LogP contribution < -0.4 is 5.73 Å². The van der Waals surface area contributed by atoms with Gasteiger partial charge in [0.2, 0.25) is 11.8 Å². The number of halogens is 1. The van der Waals surface area contributed by atoms with Gasteiger partial charge in [0, 0.05) is 49.9 Å².